The van der Waals surface area contributed by atoms with Crippen molar-refractivity contribution in [2.24, 2.45) is 0 Å². The Hall–Kier alpha value is -0.950. The Morgan fingerprint density at radius 3 is 2.78 bits per heavy atom. The Labute approximate surface area is 167 Å². The van der Waals surface area contributed by atoms with Crippen LogP contribution >= 0.6 is 11.9 Å². The standard InChI is InChI=1S/C21H34N2O3S/c1-3-25-21-11-8-16(24)13-18(21)15-6-9-17(10-7-15)26-14-20-19(23-27-2)5-4-12-22-20/h8,11,13,15,17,19-20,22-24H,3-7,9-10,12,14H2,1-2H3. The van der Waals surface area contributed by atoms with Crippen LogP contribution in [0.25, 0.3) is 0 Å². The lowest BCUT2D eigenvalue weighted by molar-refractivity contribution is 0.00525. The van der Waals surface area contributed by atoms with Crippen molar-refractivity contribution < 1.29 is 14.6 Å². The number of nitrogens with one attached hydrogen (secondary N) is 2. The summed E-state index contributed by atoms with van der Waals surface area (Å²) in [6.07, 6.45) is 9.17. The predicted molar refractivity (Wildman–Crippen MR) is 112 cm³/mol. The molecule has 0 radical (unpaired) electrons. The molecule has 1 aliphatic carbocycles. The average Bonchev–Trinajstić information content (AvgIpc) is 2.69. The molecule has 0 aromatic heterocycles. The van der Waals surface area contributed by atoms with Crippen LogP contribution in [0.5, 0.6) is 11.5 Å². The first-order chi connectivity index (χ1) is 13.2. The summed E-state index contributed by atoms with van der Waals surface area (Å²) in [6, 6.07) is 6.37. The van der Waals surface area contributed by atoms with Crippen LogP contribution in [-0.2, 0) is 4.74 Å². The normalized spacial score (nSPS) is 28.8. The van der Waals surface area contributed by atoms with Gasteiger partial charge in [-0.05, 0) is 82.4 Å². The first-order valence-electron chi connectivity index (χ1n) is 10.3. The molecular formula is C21H34N2O3S. The molecule has 1 heterocycles. The lowest BCUT2D eigenvalue weighted by Gasteiger charge is -2.35. The molecule has 1 aromatic carbocycles. The van der Waals surface area contributed by atoms with Crippen molar-refractivity contribution in [1.29, 1.82) is 0 Å². The third-order valence-corrected chi connectivity index (χ3v) is 6.31. The van der Waals surface area contributed by atoms with Gasteiger partial charge in [-0.1, -0.05) is 11.9 Å². The number of phenolic OH excluding ortho intramolecular Hbond substituents is 1. The van der Waals surface area contributed by atoms with Crippen LogP contribution in [-0.4, -0.2) is 49.3 Å². The SMILES string of the molecule is CCOc1ccc(O)cc1C1CCC(OCC2NCCCC2NSC)CC1. The average molecular weight is 395 g/mol. The highest BCUT2D eigenvalue weighted by Crippen LogP contribution is 2.40. The van der Waals surface area contributed by atoms with Crippen LogP contribution in [0.1, 0.15) is 56.9 Å². The van der Waals surface area contributed by atoms with Crippen molar-refractivity contribution in [3.63, 3.8) is 0 Å². The Balaban J connectivity index is 1.50. The van der Waals surface area contributed by atoms with E-state index in [-0.39, 0.29) is 0 Å². The summed E-state index contributed by atoms with van der Waals surface area (Å²) in [5, 5.41) is 13.5. The Morgan fingerprint density at radius 2 is 2.04 bits per heavy atom. The molecule has 1 aromatic rings. The van der Waals surface area contributed by atoms with Gasteiger partial charge in [-0.25, -0.2) is 0 Å². The monoisotopic (exact) mass is 394 g/mol. The largest absolute Gasteiger partial charge is 0.508 e. The molecule has 5 nitrogen and oxygen atoms in total. The fourth-order valence-corrected chi connectivity index (χ4v) is 4.93. The number of aromatic hydroxyl groups is 1. The second-order valence-corrected chi connectivity index (χ2v) is 8.24. The number of phenols is 1. The van der Waals surface area contributed by atoms with Crippen molar-refractivity contribution in [2.45, 2.75) is 69.6 Å². The minimum absolute atomic E-state index is 0.322. The van der Waals surface area contributed by atoms with Gasteiger partial charge in [0.15, 0.2) is 0 Å². The van der Waals surface area contributed by atoms with E-state index < -0.39 is 0 Å². The lowest BCUT2D eigenvalue weighted by atomic mass is 9.82. The fraction of sp³-hybridized carbons (Fsp3) is 0.714. The minimum atomic E-state index is 0.322. The van der Waals surface area contributed by atoms with Gasteiger partial charge in [0, 0.05) is 17.6 Å². The Kier molecular flexibility index (Phi) is 8.12. The van der Waals surface area contributed by atoms with E-state index in [4.69, 9.17) is 9.47 Å². The van der Waals surface area contributed by atoms with E-state index in [2.05, 4.69) is 16.3 Å². The smallest absolute Gasteiger partial charge is 0.123 e. The van der Waals surface area contributed by atoms with Crippen LogP contribution in [0.4, 0.5) is 0 Å². The molecule has 0 spiro atoms. The third-order valence-electron chi connectivity index (χ3n) is 5.77. The zero-order chi connectivity index (χ0) is 19.1. The Morgan fingerprint density at radius 1 is 1.22 bits per heavy atom. The maximum atomic E-state index is 9.89. The van der Waals surface area contributed by atoms with E-state index in [1.165, 1.54) is 12.8 Å². The molecule has 152 valence electrons. The van der Waals surface area contributed by atoms with E-state index in [1.54, 1.807) is 18.0 Å². The van der Waals surface area contributed by atoms with E-state index in [9.17, 15) is 5.11 Å². The molecule has 0 amide bonds. The van der Waals surface area contributed by atoms with Gasteiger partial charge >= 0.3 is 0 Å². The highest BCUT2D eigenvalue weighted by molar-refractivity contribution is 7.96. The zero-order valence-corrected chi connectivity index (χ0v) is 17.4. The van der Waals surface area contributed by atoms with Gasteiger partial charge < -0.3 is 19.9 Å². The van der Waals surface area contributed by atoms with Gasteiger partial charge in [0.25, 0.3) is 0 Å². The number of benzene rings is 1. The number of hydrogen-bond donors (Lipinski definition) is 3. The summed E-state index contributed by atoms with van der Waals surface area (Å²) in [4.78, 5) is 0. The first-order valence-corrected chi connectivity index (χ1v) is 11.5. The summed E-state index contributed by atoms with van der Waals surface area (Å²) >= 11 is 1.70. The fourth-order valence-electron chi connectivity index (χ4n) is 4.34. The molecule has 3 N–H and O–H groups in total. The van der Waals surface area contributed by atoms with Crippen LogP contribution in [0.2, 0.25) is 0 Å². The third kappa shape index (κ3) is 5.76. The zero-order valence-electron chi connectivity index (χ0n) is 16.6. The van der Waals surface area contributed by atoms with Crippen LogP contribution in [0.15, 0.2) is 18.2 Å². The molecule has 1 aliphatic heterocycles. The molecule has 3 rings (SSSR count). The van der Waals surface area contributed by atoms with Crippen molar-refractivity contribution >= 4 is 11.9 Å². The molecule has 2 unspecified atom stereocenters. The summed E-state index contributed by atoms with van der Waals surface area (Å²) in [7, 11) is 0. The van der Waals surface area contributed by atoms with Crippen LogP contribution < -0.4 is 14.8 Å². The molecule has 2 fully saturated rings. The van der Waals surface area contributed by atoms with Crippen molar-refractivity contribution in [1.82, 2.24) is 10.0 Å². The Bertz CT molecular complexity index is 577. The first kappa shape index (κ1) is 20.8. The van der Waals surface area contributed by atoms with Gasteiger partial charge in [0.05, 0.1) is 19.3 Å². The van der Waals surface area contributed by atoms with Gasteiger partial charge in [-0.15, -0.1) is 0 Å². The molecule has 27 heavy (non-hydrogen) atoms. The molecule has 1 saturated heterocycles. The molecular weight excluding hydrogens is 360 g/mol. The van der Waals surface area contributed by atoms with E-state index in [0.717, 1.165) is 50.1 Å². The maximum Gasteiger partial charge on any atom is 0.123 e. The molecule has 2 atom stereocenters. The number of piperidine rings is 1. The van der Waals surface area contributed by atoms with E-state index >= 15 is 0 Å². The number of hydrogen-bond acceptors (Lipinski definition) is 6. The molecule has 1 saturated carbocycles. The lowest BCUT2D eigenvalue weighted by Crippen LogP contribution is -2.52. The summed E-state index contributed by atoms with van der Waals surface area (Å²) in [6.45, 7) is 4.52. The topological polar surface area (TPSA) is 62.8 Å². The van der Waals surface area contributed by atoms with Gasteiger partial charge in [0.1, 0.15) is 11.5 Å². The van der Waals surface area contributed by atoms with Gasteiger partial charge in [-0.3, -0.25) is 4.72 Å². The highest BCUT2D eigenvalue weighted by atomic mass is 32.2. The summed E-state index contributed by atoms with van der Waals surface area (Å²) in [5.41, 5.74) is 1.15. The summed E-state index contributed by atoms with van der Waals surface area (Å²) in [5.74, 6) is 1.68. The van der Waals surface area contributed by atoms with Gasteiger partial charge in [-0.2, -0.15) is 0 Å². The van der Waals surface area contributed by atoms with Crippen LogP contribution in [0, 0.1) is 0 Å². The molecule has 6 heteroatoms. The second kappa shape index (κ2) is 10.6. The van der Waals surface area contributed by atoms with E-state index in [0.29, 0.717) is 36.5 Å². The van der Waals surface area contributed by atoms with Crippen molar-refractivity contribution in [2.75, 3.05) is 26.0 Å². The molecule has 0 bridgehead atoms. The minimum Gasteiger partial charge on any atom is -0.508 e. The maximum absolute atomic E-state index is 9.89. The number of ether oxygens (including phenoxy) is 2. The quantitative estimate of drug-likeness (QED) is 0.583. The summed E-state index contributed by atoms with van der Waals surface area (Å²) < 4.78 is 15.6. The van der Waals surface area contributed by atoms with Gasteiger partial charge in [0.2, 0.25) is 0 Å². The van der Waals surface area contributed by atoms with E-state index in [1.807, 2.05) is 19.1 Å². The number of rotatable bonds is 8. The highest BCUT2D eigenvalue weighted by Gasteiger charge is 2.28. The molecule has 2 aliphatic rings. The van der Waals surface area contributed by atoms with Crippen molar-refractivity contribution in [3.8, 4) is 11.5 Å². The van der Waals surface area contributed by atoms with Crippen molar-refractivity contribution in [3.05, 3.63) is 23.8 Å². The predicted octanol–water partition coefficient (Wildman–Crippen LogP) is 3.82. The van der Waals surface area contributed by atoms with Crippen LogP contribution in [0.3, 0.4) is 0 Å². The second-order valence-electron chi connectivity index (χ2n) is 7.59.